The third-order valence-electron chi connectivity index (χ3n) is 3.59. The summed E-state index contributed by atoms with van der Waals surface area (Å²) >= 11 is 0. The van der Waals surface area contributed by atoms with Crippen LogP contribution < -0.4 is 10.2 Å². The predicted molar refractivity (Wildman–Crippen MR) is 90.2 cm³/mol. The summed E-state index contributed by atoms with van der Waals surface area (Å²) in [5.41, 5.74) is 2.83. The highest BCUT2D eigenvalue weighted by atomic mass is 16.1. The number of carbonyl (C=O) groups excluding carboxylic acids is 1. The molecule has 3 rings (SSSR count). The molecule has 0 aliphatic carbocycles. The van der Waals surface area contributed by atoms with E-state index in [0.717, 1.165) is 22.2 Å². The molecule has 0 fully saturated rings. The van der Waals surface area contributed by atoms with Gasteiger partial charge >= 0.3 is 0 Å². The molecule has 2 heterocycles. The molecule has 0 spiro atoms. The van der Waals surface area contributed by atoms with Crippen LogP contribution in [0.4, 0.5) is 5.95 Å². The molecule has 0 saturated heterocycles. The second-order valence-corrected chi connectivity index (χ2v) is 5.56. The van der Waals surface area contributed by atoms with Crippen molar-refractivity contribution in [3.63, 3.8) is 0 Å². The summed E-state index contributed by atoms with van der Waals surface area (Å²) in [4.78, 5) is 25.7. The molecule has 0 aliphatic heterocycles. The SMILES string of the molecule is CN(C)c1nccc(CNC(=O)Cc2c[nH]c3ccccc23)n1. The quantitative estimate of drug-likeness (QED) is 0.755. The van der Waals surface area contributed by atoms with E-state index in [4.69, 9.17) is 0 Å². The van der Waals surface area contributed by atoms with Crippen molar-refractivity contribution < 1.29 is 4.79 Å². The number of benzene rings is 1. The van der Waals surface area contributed by atoms with Crippen LogP contribution >= 0.6 is 0 Å². The summed E-state index contributed by atoms with van der Waals surface area (Å²) in [6.45, 7) is 0.393. The van der Waals surface area contributed by atoms with E-state index in [-0.39, 0.29) is 5.91 Å². The van der Waals surface area contributed by atoms with E-state index < -0.39 is 0 Å². The number of nitrogens with zero attached hydrogens (tertiary/aromatic N) is 3. The maximum absolute atomic E-state index is 12.2. The summed E-state index contributed by atoms with van der Waals surface area (Å²) in [6.07, 6.45) is 3.93. The van der Waals surface area contributed by atoms with Crippen molar-refractivity contribution >= 4 is 22.8 Å². The van der Waals surface area contributed by atoms with Crippen LogP contribution in [0.3, 0.4) is 0 Å². The fourth-order valence-electron chi connectivity index (χ4n) is 2.40. The van der Waals surface area contributed by atoms with E-state index in [9.17, 15) is 4.79 Å². The summed E-state index contributed by atoms with van der Waals surface area (Å²) in [5.74, 6) is 0.605. The highest BCUT2D eigenvalue weighted by Crippen LogP contribution is 2.17. The van der Waals surface area contributed by atoms with Crippen molar-refractivity contribution in [2.45, 2.75) is 13.0 Å². The van der Waals surface area contributed by atoms with Gasteiger partial charge in [-0.2, -0.15) is 0 Å². The number of hydrogen-bond donors (Lipinski definition) is 2. The normalized spacial score (nSPS) is 10.7. The van der Waals surface area contributed by atoms with Crippen LogP contribution in [0.15, 0.2) is 42.7 Å². The molecule has 0 atom stereocenters. The van der Waals surface area contributed by atoms with E-state index >= 15 is 0 Å². The lowest BCUT2D eigenvalue weighted by Gasteiger charge is -2.11. The molecule has 0 radical (unpaired) electrons. The molecule has 6 nitrogen and oxygen atoms in total. The molecule has 0 saturated carbocycles. The minimum absolute atomic E-state index is 0.0280. The number of carbonyl (C=O) groups is 1. The molecule has 23 heavy (non-hydrogen) atoms. The Morgan fingerprint density at radius 2 is 2.09 bits per heavy atom. The molecule has 0 bridgehead atoms. The van der Waals surface area contributed by atoms with Gasteiger partial charge in [0, 0.05) is 37.4 Å². The Balaban J connectivity index is 1.63. The van der Waals surface area contributed by atoms with Crippen LogP contribution in [0.2, 0.25) is 0 Å². The number of anilines is 1. The Labute approximate surface area is 134 Å². The predicted octanol–water partition coefficient (Wildman–Crippen LogP) is 1.88. The molecule has 118 valence electrons. The van der Waals surface area contributed by atoms with Gasteiger partial charge in [0.25, 0.3) is 0 Å². The number of aromatic nitrogens is 3. The fraction of sp³-hybridized carbons (Fsp3) is 0.235. The number of H-pyrrole nitrogens is 1. The Morgan fingerprint density at radius 1 is 1.26 bits per heavy atom. The van der Waals surface area contributed by atoms with Crippen molar-refractivity contribution in [3.05, 3.63) is 54.0 Å². The lowest BCUT2D eigenvalue weighted by Crippen LogP contribution is -2.25. The number of rotatable bonds is 5. The molecule has 0 aliphatic rings. The van der Waals surface area contributed by atoms with E-state index in [0.29, 0.717) is 18.9 Å². The van der Waals surface area contributed by atoms with Gasteiger partial charge in [0.15, 0.2) is 0 Å². The Bertz CT molecular complexity index is 824. The smallest absolute Gasteiger partial charge is 0.225 e. The van der Waals surface area contributed by atoms with Gasteiger partial charge in [-0.15, -0.1) is 0 Å². The van der Waals surface area contributed by atoms with Gasteiger partial charge in [0.1, 0.15) is 0 Å². The molecular formula is C17H19N5O. The van der Waals surface area contributed by atoms with Crippen LogP contribution in [0, 0.1) is 0 Å². The van der Waals surface area contributed by atoms with Crippen LogP contribution in [0.5, 0.6) is 0 Å². The van der Waals surface area contributed by atoms with E-state index in [1.54, 1.807) is 12.3 Å². The number of nitrogens with one attached hydrogen (secondary N) is 2. The van der Waals surface area contributed by atoms with Crippen molar-refractivity contribution in [2.75, 3.05) is 19.0 Å². The van der Waals surface area contributed by atoms with Gasteiger partial charge < -0.3 is 15.2 Å². The highest BCUT2D eigenvalue weighted by Gasteiger charge is 2.09. The van der Waals surface area contributed by atoms with Crippen LogP contribution in [0.1, 0.15) is 11.3 Å². The van der Waals surface area contributed by atoms with Gasteiger partial charge in [-0.3, -0.25) is 4.79 Å². The second-order valence-electron chi connectivity index (χ2n) is 5.56. The van der Waals surface area contributed by atoms with Crippen LogP contribution in [-0.4, -0.2) is 35.0 Å². The zero-order valence-electron chi connectivity index (χ0n) is 13.2. The summed E-state index contributed by atoms with van der Waals surface area (Å²) in [7, 11) is 3.77. The first-order valence-electron chi connectivity index (χ1n) is 7.44. The fourth-order valence-corrected chi connectivity index (χ4v) is 2.40. The monoisotopic (exact) mass is 309 g/mol. The van der Waals surface area contributed by atoms with Crippen molar-refractivity contribution in [3.8, 4) is 0 Å². The number of para-hydroxylation sites is 1. The van der Waals surface area contributed by atoms with Gasteiger partial charge in [-0.05, 0) is 17.7 Å². The largest absolute Gasteiger partial charge is 0.361 e. The maximum atomic E-state index is 12.2. The third kappa shape index (κ3) is 3.48. The first-order valence-corrected chi connectivity index (χ1v) is 7.44. The molecule has 2 N–H and O–H groups in total. The van der Waals surface area contributed by atoms with Crippen molar-refractivity contribution in [2.24, 2.45) is 0 Å². The Morgan fingerprint density at radius 3 is 2.91 bits per heavy atom. The minimum Gasteiger partial charge on any atom is -0.361 e. The lowest BCUT2D eigenvalue weighted by molar-refractivity contribution is -0.120. The molecule has 1 aromatic carbocycles. The summed E-state index contributed by atoms with van der Waals surface area (Å²) in [5, 5.41) is 3.99. The number of hydrogen-bond acceptors (Lipinski definition) is 4. The molecule has 0 unspecified atom stereocenters. The standard InChI is InChI=1S/C17H19N5O/c1-22(2)17-18-8-7-13(21-17)11-20-16(23)9-12-10-19-15-6-4-3-5-14(12)15/h3-8,10,19H,9,11H2,1-2H3,(H,20,23). The van der Waals surface area contributed by atoms with Gasteiger partial charge in [-0.1, -0.05) is 18.2 Å². The molecule has 3 aromatic rings. The van der Waals surface area contributed by atoms with E-state index in [1.807, 2.05) is 49.5 Å². The van der Waals surface area contributed by atoms with Crippen molar-refractivity contribution in [1.82, 2.24) is 20.3 Å². The van der Waals surface area contributed by atoms with Gasteiger partial charge in [-0.25, -0.2) is 9.97 Å². The Hall–Kier alpha value is -2.89. The van der Waals surface area contributed by atoms with E-state index in [1.165, 1.54) is 0 Å². The van der Waals surface area contributed by atoms with E-state index in [2.05, 4.69) is 20.3 Å². The maximum Gasteiger partial charge on any atom is 0.225 e. The summed E-state index contributed by atoms with van der Waals surface area (Å²) in [6, 6.07) is 9.77. The lowest BCUT2D eigenvalue weighted by atomic mass is 10.1. The number of aromatic amines is 1. The average Bonchev–Trinajstić information content (AvgIpc) is 2.96. The zero-order valence-corrected chi connectivity index (χ0v) is 13.2. The minimum atomic E-state index is -0.0280. The molecule has 6 heteroatoms. The molecule has 1 amide bonds. The van der Waals surface area contributed by atoms with Crippen LogP contribution in [0.25, 0.3) is 10.9 Å². The van der Waals surface area contributed by atoms with Crippen LogP contribution in [-0.2, 0) is 17.8 Å². The summed E-state index contributed by atoms with van der Waals surface area (Å²) < 4.78 is 0. The highest BCUT2D eigenvalue weighted by molar-refractivity contribution is 5.88. The number of fused-ring (bicyclic) bond motifs is 1. The first kappa shape index (κ1) is 15.0. The van der Waals surface area contributed by atoms with Crippen molar-refractivity contribution in [1.29, 1.82) is 0 Å². The molecular weight excluding hydrogens is 290 g/mol. The molecule has 2 aromatic heterocycles. The topological polar surface area (TPSA) is 73.9 Å². The van der Waals surface area contributed by atoms with Gasteiger partial charge in [0.2, 0.25) is 11.9 Å². The second kappa shape index (κ2) is 6.48. The third-order valence-corrected chi connectivity index (χ3v) is 3.59. The van der Waals surface area contributed by atoms with Gasteiger partial charge in [0.05, 0.1) is 18.7 Å². The average molecular weight is 309 g/mol. The number of amides is 1. The Kier molecular flexibility index (Phi) is 4.23. The first-order chi connectivity index (χ1) is 11.1. The zero-order chi connectivity index (χ0) is 16.2.